The number of sulfonamides is 1. The molecule has 0 aromatic heterocycles. The molecule has 15 heavy (non-hydrogen) atoms. The van der Waals surface area contributed by atoms with E-state index in [0.717, 1.165) is 0 Å². The Labute approximate surface area is 95.4 Å². The van der Waals surface area contributed by atoms with Gasteiger partial charge in [0.2, 0.25) is 10.0 Å². The molecule has 3 N–H and O–H groups in total. The maximum Gasteiger partial charge on any atom is 0.218 e. The number of nitrogens with one attached hydrogen (secondary N) is 1. The number of hydrogen-bond acceptors (Lipinski definition) is 4. The third-order valence-corrected chi connectivity index (χ3v) is 3.87. The Hall–Kier alpha value is -0.240. The average Bonchev–Trinajstić information content (AvgIpc) is 1.99. The Balaban J connectivity index is 2.49. The first-order chi connectivity index (χ1) is 6.89. The minimum atomic E-state index is -3.38. The zero-order chi connectivity index (χ0) is 11.5. The van der Waals surface area contributed by atoms with Crippen molar-refractivity contribution in [2.24, 2.45) is 5.73 Å². The molecule has 0 aromatic rings. The SMILES string of the molecule is CC1CC(NS(=O)(=O)CC(N)=S)CCO1. The quantitative estimate of drug-likeness (QED) is 0.675. The third kappa shape index (κ3) is 4.87. The molecule has 2 atom stereocenters. The van der Waals surface area contributed by atoms with Crippen molar-refractivity contribution in [3.05, 3.63) is 0 Å². The standard InChI is InChI=1S/C8H16N2O3S2/c1-6-4-7(2-3-13-6)10-15(11,12)5-8(9)14/h6-7,10H,2-5H2,1H3,(H2,9,14). The van der Waals surface area contributed by atoms with E-state index in [2.05, 4.69) is 16.9 Å². The van der Waals surface area contributed by atoms with Gasteiger partial charge in [0.05, 0.1) is 11.1 Å². The fourth-order valence-corrected chi connectivity index (χ4v) is 3.23. The van der Waals surface area contributed by atoms with Crippen LogP contribution in [-0.4, -0.2) is 37.9 Å². The number of nitrogens with two attached hydrogens (primary N) is 1. The summed E-state index contributed by atoms with van der Waals surface area (Å²) in [5.74, 6) is -0.284. The molecule has 1 fully saturated rings. The van der Waals surface area contributed by atoms with E-state index >= 15 is 0 Å². The Morgan fingerprint density at radius 1 is 1.67 bits per heavy atom. The molecule has 88 valence electrons. The highest BCUT2D eigenvalue weighted by molar-refractivity contribution is 7.92. The summed E-state index contributed by atoms with van der Waals surface area (Å²) in [6.07, 6.45) is 1.48. The van der Waals surface area contributed by atoms with Crippen LogP contribution in [0, 0.1) is 0 Å². The predicted octanol–water partition coefficient (Wildman–Crippen LogP) is -0.241. The first-order valence-electron chi connectivity index (χ1n) is 4.79. The molecule has 7 heteroatoms. The summed E-state index contributed by atoms with van der Waals surface area (Å²) in [5, 5.41) is 0. The second kappa shape index (κ2) is 5.20. The van der Waals surface area contributed by atoms with Crippen LogP contribution in [-0.2, 0) is 14.8 Å². The number of hydrogen-bond donors (Lipinski definition) is 2. The van der Waals surface area contributed by atoms with Crippen molar-refractivity contribution in [3.63, 3.8) is 0 Å². The smallest absolute Gasteiger partial charge is 0.218 e. The fourth-order valence-electron chi connectivity index (χ4n) is 1.59. The van der Waals surface area contributed by atoms with Gasteiger partial charge in [-0.1, -0.05) is 12.2 Å². The predicted molar refractivity (Wildman–Crippen MR) is 62.1 cm³/mol. The third-order valence-electron chi connectivity index (χ3n) is 2.16. The zero-order valence-corrected chi connectivity index (χ0v) is 10.2. The molecular formula is C8H16N2O3S2. The maximum absolute atomic E-state index is 11.5. The molecule has 0 radical (unpaired) electrons. The second-order valence-corrected chi connectivity index (χ2v) is 6.02. The van der Waals surface area contributed by atoms with Gasteiger partial charge in [0.15, 0.2) is 0 Å². The monoisotopic (exact) mass is 252 g/mol. The second-order valence-electron chi connectivity index (χ2n) is 3.75. The van der Waals surface area contributed by atoms with Crippen molar-refractivity contribution in [3.8, 4) is 0 Å². The van der Waals surface area contributed by atoms with Crippen molar-refractivity contribution < 1.29 is 13.2 Å². The van der Waals surface area contributed by atoms with E-state index in [1.54, 1.807) is 0 Å². The Morgan fingerprint density at radius 3 is 2.87 bits per heavy atom. The molecule has 0 saturated carbocycles. The van der Waals surface area contributed by atoms with Crippen molar-refractivity contribution in [2.75, 3.05) is 12.4 Å². The molecule has 0 aromatic carbocycles. The van der Waals surface area contributed by atoms with Crippen molar-refractivity contribution in [2.45, 2.75) is 31.9 Å². The normalized spacial score (nSPS) is 27.5. The maximum atomic E-state index is 11.5. The molecule has 1 heterocycles. The Bertz CT molecular complexity index is 329. The van der Waals surface area contributed by atoms with Gasteiger partial charge in [-0.3, -0.25) is 0 Å². The fraction of sp³-hybridized carbons (Fsp3) is 0.875. The van der Waals surface area contributed by atoms with Gasteiger partial charge in [-0.2, -0.15) is 0 Å². The Kier molecular flexibility index (Phi) is 4.45. The van der Waals surface area contributed by atoms with E-state index in [-0.39, 0.29) is 22.9 Å². The number of ether oxygens (including phenoxy) is 1. The van der Waals surface area contributed by atoms with E-state index in [1.807, 2.05) is 6.92 Å². The van der Waals surface area contributed by atoms with Crippen LogP contribution in [0.15, 0.2) is 0 Å². The first kappa shape index (κ1) is 12.8. The van der Waals surface area contributed by atoms with Crippen LogP contribution in [0.25, 0.3) is 0 Å². The van der Waals surface area contributed by atoms with Crippen LogP contribution in [0.1, 0.15) is 19.8 Å². The van der Waals surface area contributed by atoms with Crippen LogP contribution in [0.5, 0.6) is 0 Å². The van der Waals surface area contributed by atoms with Gasteiger partial charge in [-0.25, -0.2) is 13.1 Å². The van der Waals surface area contributed by atoms with Gasteiger partial charge in [0.1, 0.15) is 5.75 Å². The number of rotatable bonds is 4. The van der Waals surface area contributed by atoms with Gasteiger partial charge in [-0.15, -0.1) is 0 Å². The molecule has 0 spiro atoms. The molecule has 1 rings (SSSR count). The van der Waals surface area contributed by atoms with Crippen molar-refractivity contribution >= 4 is 27.2 Å². The summed E-state index contributed by atoms with van der Waals surface area (Å²) >= 11 is 4.57. The molecule has 0 bridgehead atoms. The summed E-state index contributed by atoms with van der Waals surface area (Å²) in [5.41, 5.74) is 5.20. The van der Waals surface area contributed by atoms with Crippen molar-refractivity contribution in [1.29, 1.82) is 0 Å². The van der Waals surface area contributed by atoms with E-state index in [0.29, 0.717) is 19.4 Å². The lowest BCUT2D eigenvalue weighted by Crippen LogP contribution is -2.43. The van der Waals surface area contributed by atoms with Crippen LogP contribution >= 0.6 is 12.2 Å². The average molecular weight is 252 g/mol. The molecular weight excluding hydrogens is 236 g/mol. The lowest BCUT2D eigenvalue weighted by Gasteiger charge is -2.27. The zero-order valence-electron chi connectivity index (χ0n) is 8.60. The van der Waals surface area contributed by atoms with E-state index in [9.17, 15) is 8.42 Å². The topological polar surface area (TPSA) is 81.4 Å². The molecule has 2 unspecified atom stereocenters. The minimum absolute atomic E-state index is 0.0115. The minimum Gasteiger partial charge on any atom is -0.392 e. The van der Waals surface area contributed by atoms with Crippen LogP contribution < -0.4 is 10.5 Å². The molecule has 1 aliphatic rings. The van der Waals surface area contributed by atoms with Crippen LogP contribution in [0.2, 0.25) is 0 Å². The molecule has 0 amide bonds. The van der Waals surface area contributed by atoms with Gasteiger partial charge < -0.3 is 10.5 Å². The van der Waals surface area contributed by atoms with E-state index < -0.39 is 10.0 Å². The van der Waals surface area contributed by atoms with Crippen LogP contribution in [0.3, 0.4) is 0 Å². The van der Waals surface area contributed by atoms with Gasteiger partial charge >= 0.3 is 0 Å². The number of thiocarbonyl (C=S) groups is 1. The highest BCUT2D eigenvalue weighted by Crippen LogP contribution is 2.13. The van der Waals surface area contributed by atoms with E-state index in [4.69, 9.17) is 10.5 Å². The van der Waals surface area contributed by atoms with E-state index in [1.165, 1.54) is 0 Å². The van der Waals surface area contributed by atoms with Crippen LogP contribution in [0.4, 0.5) is 0 Å². The molecule has 1 saturated heterocycles. The largest absolute Gasteiger partial charge is 0.392 e. The molecule has 0 aliphatic carbocycles. The molecule has 1 aliphatic heterocycles. The summed E-state index contributed by atoms with van der Waals surface area (Å²) in [6.45, 7) is 2.51. The van der Waals surface area contributed by atoms with Gasteiger partial charge in [0.25, 0.3) is 0 Å². The summed E-state index contributed by atoms with van der Waals surface area (Å²) in [6, 6.07) is -0.0619. The first-order valence-corrected chi connectivity index (χ1v) is 6.85. The highest BCUT2D eigenvalue weighted by atomic mass is 32.2. The summed E-state index contributed by atoms with van der Waals surface area (Å²) in [7, 11) is -3.38. The summed E-state index contributed by atoms with van der Waals surface area (Å²) in [4.78, 5) is -0.0115. The van der Waals surface area contributed by atoms with Gasteiger partial charge in [0, 0.05) is 12.6 Å². The lowest BCUT2D eigenvalue weighted by atomic mass is 10.1. The molecule has 5 nitrogen and oxygen atoms in total. The highest BCUT2D eigenvalue weighted by Gasteiger charge is 2.24. The van der Waals surface area contributed by atoms with Gasteiger partial charge in [-0.05, 0) is 19.8 Å². The van der Waals surface area contributed by atoms with Crippen molar-refractivity contribution in [1.82, 2.24) is 4.72 Å². The lowest BCUT2D eigenvalue weighted by molar-refractivity contribution is 0.0173. The Morgan fingerprint density at radius 2 is 2.33 bits per heavy atom. The summed E-state index contributed by atoms with van der Waals surface area (Å²) < 4.78 is 30.9.